The molecule has 11 heteroatoms. The van der Waals surface area contributed by atoms with Crippen molar-refractivity contribution in [3.8, 4) is 6.07 Å². The second-order valence-electron chi connectivity index (χ2n) is 9.93. The van der Waals surface area contributed by atoms with Crippen LogP contribution in [0.2, 0.25) is 0 Å². The molecule has 0 fully saturated rings. The molecule has 0 saturated heterocycles. The predicted molar refractivity (Wildman–Crippen MR) is 157 cm³/mol. The molecule has 3 heterocycles. The Bertz CT molecular complexity index is 1400. The van der Waals surface area contributed by atoms with Gasteiger partial charge in [-0.2, -0.15) is 5.26 Å². The average molecular weight is 583 g/mol. The Labute approximate surface area is 240 Å². The van der Waals surface area contributed by atoms with Crippen LogP contribution < -0.4 is 10.6 Å². The van der Waals surface area contributed by atoms with Crippen molar-refractivity contribution in [2.24, 2.45) is 0 Å². The molecule has 1 atom stereocenters. The van der Waals surface area contributed by atoms with Crippen molar-refractivity contribution in [2.75, 3.05) is 17.2 Å². The van der Waals surface area contributed by atoms with E-state index >= 15 is 0 Å². The Hall–Kier alpha value is -3.33. The number of ether oxygens (including phenoxy) is 1. The van der Waals surface area contributed by atoms with Gasteiger partial charge in [0.25, 0.3) is 5.91 Å². The van der Waals surface area contributed by atoms with Gasteiger partial charge in [-0.25, -0.2) is 4.79 Å². The highest BCUT2D eigenvalue weighted by Crippen LogP contribution is 2.38. The van der Waals surface area contributed by atoms with Gasteiger partial charge in [0.05, 0.1) is 22.2 Å². The summed E-state index contributed by atoms with van der Waals surface area (Å²) in [4.78, 5) is 42.2. The van der Waals surface area contributed by atoms with Crippen LogP contribution in [-0.2, 0) is 22.5 Å². The predicted octanol–water partition coefficient (Wildman–Crippen LogP) is 6.74. The maximum Gasteiger partial charge on any atom is 0.410 e. The quantitative estimate of drug-likeness (QED) is 0.299. The fraction of sp³-hybridized carbons (Fsp3) is 0.357. The molecule has 0 radical (unpaired) electrons. The molecule has 0 saturated carbocycles. The number of carbonyl (C=O) groups excluding carboxylic acids is 3. The molecule has 2 aromatic heterocycles. The van der Waals surface area contributed by atoms with Gasteiger partial charge in [-0.15, -0.1) is 34.4 Å². The topological polar surface area (TPSA) is 112 Å². The van der Waals surface area contributed by atoms with E-state index in [1.54, 1.807) is 11.0 Å². The lowest BCUT2D eigenvalue weighted by atomic mass is 10.0. The molecule has 1 aliphatic heterocycles. The molecule has 0 aliphatic carbocycles. The number of anilines is 2. The zero-order valence-corrected chi connectivity index (χ0v) is 24.6. The minimum absolute atomic E-state index is 0.173. The fourth-order valence-corrected chi connectivity index (χ4v) is 6.87. The van der Waals surface area contributed by atoms with E-state index in [4.69, 9.17) is 4.74 Å². The summed E-state index contributed by atoms with van der Waals surface area (Å²) in [6.45, 7) is 8.21. The summed E-state index contributed by atoms with van der Waals surface area (Å²) < 4.78 is 5.50. The lowest BCUT2D eigenvalue weighted by Crippen LogP contribution is -2.39. The Morgan fingerprint density at radius 2 is 2.00 bits per heavy atom. The van der Waals surface area contributed by atoms with Gasteiger partial charge >= 0.3 is 6.09 Å². The van der Waals surface area contributed by atoms with E-state index in [2.05, 4.69) is 16.7 Å². The summed E-state index contributed by atoms with van der Waals surface area (Å²) >= 11 is 4.11. The number of carbonyl (C=O) groups is 3. The number of thiophene rings is 2. The molecule has 2 N–H and O–H groups in total. The van der Waals surface area contributed by atoms with Crippen LogP contribution in [0.15, 0.2) is 46.7 Å². The molecule has 4 rings (SSSR count). The zero-order chi connectivity index (χ0) is 28.2. The first-order valence-electron chi connectivity index (χ1n) is 12.5. The molecule has 1 unspecified atom stereocenters. The number of hydrogen-bond acceptors (Lipinski definition) is 8. The van der Waals surface area contributed by atoms with Crippen molar-refractivity contribution in [1.82, 2.24) is 4.90 Å². The normalized spacial score (nSPS) is 13.7. The van der Waals surface area contributed by atoms with Crippen molar-refractivity contribution in [2.45, 2.75) is 62.8 Å². The van der Waals surface area contributed by atoms with Crippen LogP contribution in [0.1, 0.15) is 59.8 Å². The highest BCUT2D eigenvalue weighted by atomic mass is 32.2. The molecule has 3 aromatic rings. The highest BCUT2D eigenvalue weighted by Gasteiger charge is 2.31. The summed E-state index contributed by atoms with van der Waals surface area (Å²) in [7, 11) is 0. The van der Waals surface area contributed by atoms with E-state index in [9.17, 15) is 19.6 Å². The van der Waals surface area contributed by atoms with Crippen LogP contribution in [0.3, 0.4) is 0 Å². The first kappa shape index (κ1) is 28.7. The third-order valence-electron chi connectivity index (χ3n) is 5.84. The summed E-state index contributed by atoms with van der Waals surface area (Å²) in [5.74, 6) is -0.373. The third-order valence-corrected chi connectivity index (χ3v) is 9.19. The molecular formula is C28H30N4O4S3. The average Bonchev–Trinajstić information content (AvgIpc) is 3.54. The largest absolute Gasteiger partial charge is 0.444 e. The molecule has 8 nitrogen and oxygen atoms in total. The molecule has 0 bridgehead atoms. The minimum Gasteiger partial charge on any atom is -0.444 e. The van der Waals surface area contributed by atoms with Crippen LogP contribution >= 0.6 is 34.4 Å². The van der Waals surface area contributed by atoms with Gasteiger partial charge in [0.1, 0.15) is 16.7 Å². The lowest BCUT2D eigenvalue weighted by Gasteiger charge is -2.29. The number of nitriles is 1. The lowest BCUT2D eigenvalue weighted by molar-refractivity contribution is -0.115. The fourth-order valence-electron chi connectivity index (χ4n) is 4.02. The maximum absolute atomic E-state index is 13.3. The molecule has 3 amide bonds. The van der Waals surface area contributed by atoms with Gasteiger partial charge in [-0.3, -0.25) is 9.59 Å². The van der Waals surface area contributed by atoms with Crippen molar-refractivity contribution < 1.29 is 19.1 Å². The van der Waals surface area contributed by atoms with E-state index in [-0.39, 0.29) is 17.9 Å². The molecule has 1 aromatic carbocycles. The Kier molecular flexibility index (Phi) is 9.00. The van der Waals surface area contributed by atoms with Crippen LogP contribution in [0, 0.1) is 11.3 Å². The van der Waals surface area contributed by atoms with Gasteiger partial charge in [-0.1, -0.05) is 19.1 Å². The number of hydrogen-bond donors (Lipinski definition) is 2. The first-order chi connectivity index (χ1) is 18.6. The van der Waals surface area contributed by atoms with Crippen LogP contribution in [-0.4, -0.2) is 40.2 Å². The van der Waals surface area contributed by atoms with Gasteiger partial charge in [-0.05, 0) is 68.8 Å². The number of thioether (sulfide) groups is 1. The van der Waals surface area contributed by atoms with Gasteiger partial charge in [0.15, 0.2) is 0 Å². The van der Waals surface area contributed by atoms with E-state index in [0.717, 1.165) is 15.3 Å². The number of rotatable bonds is 7. The highest BCUT2D eigenvalue weighted by molar-refractivity contribution is 8.00. The third kappa shape index (κ3) is 7.20. The van der Waals surface area contributed by atoms with E-state index in [1.807, 2.05) is 63.4 Å². The Balaban J connectivity index is 1.43. The summed E-state index contributed by atoms with van der Waals surface area (Å²) in [6, 6.07) is 13.2. The number of benzene rings is 1. The minimum atomic E-state index is -0.591. The molecule has 1 aliphatic rings. The SMILES string of the molecule is CCC(Sc1cccc(NC(=O)c2cccs2)c1)C(=O)Nc1sc2c(c1C#N)CCN(C(=O)OC(C)(C)C)C2. The molecule has 39 heavy (non-hydrogen) atoms. The van der Waals surface area contributed by atoms with Crippen molar-refractivity contribution >= 4 is 63.0 Å². The van der Waals surface area contributed by atoms with Gasteiger partial charge in [0.2, 0.25) is 5.91 Å². The van der Waals surface area contributed by atoms with Crippen molar-refractivity contribution in [1.29, 1.82) is 5.26 Å². The maximum atomic E-state index is 13.3. The standard InChI is InChI=1S/C28H30N4O4S3/c1-5-21(38-18-9-6-8-17(14-18)30-25(34)22-10-7-13-37-22)24(33)31-26-20(15-29)19-11-12-32(16-23(19)39-26)27(35)36-28(2,3)4/h6-10,13-14,21H,5,11-12,16H2,1-4H3,(H,30,34)(H,31,33). The monoisotopic (exact) mass is 582 g/mol. The van der Waals surface area contributed by atoms with E-state index < -0.39 is 10.9 Å². The van der Waals surface area contributed by atoms with E-state index in [1.165, 1.54) is 34.4 Å². The smallest absolute Gasteiger partial charge is 0.410 e. The van der Waals surface area contributed by atoms with E-state index in [0.29, 0.717) is 47.1 Å². The molecule has 0 spiro atoms. The number of fused-ring (bicyclic) bond motifs is 1. The van der Waals surface area contributed by atoms with Gasteiger partial charge < -0.3 is 20.3 Å². The van der Waals surface area contributed by atoms with Crippen molar-refractivity contribution in [3.05, 3.63) is 62.7 Å². The van der Waals surface area contributed by atoms with Crippen LogP contribution in [0.25, 0.3) is 0 Å². The summed E-state index contributed by atoms with van der Waals surface area (Å²) in [6.07, 6.45) is 0.712. The van der Waals surface area contributed by atoms with Crippen LogP contribution in [0.5, 0.6) is 0 Å². The number of nitrogens with zero attached hydrogens (tertiary/aromatic N) is 2. The first-order valence-corrected chi connectivity index (χ1v) is 15.1. The Morgan fingerprint density at radius 1 is 1.21 bits per heavy atom. The van der Waals surface area contributed by atoms with Crippen molar-refractivity contribution in [3.63, 3.8) is 0 Å². The number of amides is 3. The zero-order valence-electron chi connectivity index (χ0n) is 22.2. The summed E-state index contributed by atoms with van der Waals surface area (Å²) in [5, 5.41) is 17.7. The Morgan fingerprint density at radius 3 is 2.67 bits per heavy atom. The molecular weight excluding hydrogens is 553 g/mol. The summed E-state index contributed by atoms with van der Waals surface area (Å²) in [5.41, 5.74) is 1.41. The van der Waals surface area contributed by atoms with Crippen LogP contribution in [0.4, 0.5) is 15.5 Å². The second kappa shape index (κ2) is 12.2. The number of nitrogens with one attached hydrogen (secondary N) is 2. The molecule has 204 valence electrons. The second-order valence-corrected chi connectivity index (χ2v) is 13.3. The van der Waals surface area contributed by atoms with Gasteiger partial charge in [0, 0.05) is 22.0 Å².